The Kier molecular flexibility index (Phi) is 5.41. The van der Waals surface area contributed by atoms with Gasteiger partial charge in [-0.25, -0.2) is 0 Å². The number of piperidine rings is 1. The Bertz CT molecular complexity index is 453. The van der Waals surface area contributed by atoms with Gasteiger partial charge in [-0.2, -0.15) is 0 Å². The number of rotatable bonds is 5. The molecule has 1 saturated heterocycles. The third-order valence-electron chi connectivity index (χ3n) is 3.86. The van der Waals surface area contributed by atoms with Crippen molar-refractivity contribution in [2.75, 3.05) is 30.7 Å². The van der Waals surface area contributed by atoms with Gasteiger partial charge in [-0.15, -0.1) is 0 Å². The zero-order valence-corrected chi connectivity index (χ0v) is 12.3. The molecule has 4 nitrogen and oxygen atoms in total. The molecule has 0 bridgehead atoms. The molecule has 2 rings (SSSR count). The summed E-state index contributed by atoms with van der Waals surface area (Å²) in [7, 11) is 0. The van der Waals surface area contributed by atoms with Gasteiger partial charge < -0.3 is 16.0 Å². The number of amides is 1. The second-order valence-corrected chi connectivity index (χ2v) is 5.63. The van der Waals surface area contributed by atoms with E-state index in [4.69, 9.17) is 5.73 Å². The zero-order chi connectivity index (χ0) is 14.4. The van der Waals surface area contributed by atoms with E-state index in [1.54, 1.807) is 0 Å². The van der Waals surface area contributed by atoms with E-state index in [2.05, 4.69) is 10.2 Å². The lowest BCUT2D eigenvalue weighted by Gasteiger charge is -2.26. The number of hydrogen-bond donors (Lipinski definition) is 2. The van der Waals surface area contributed by atoms with Crippen molar-refractivity contribution in [3.8, 4) is 0 Å². The molecule has 3 N–H and O–H groups in total. The van der Waals surface area contributed by atoms with E-state index in [1.165, 1.54) is 32.4 Å². The highest BCUT2D eigenvalue weighted by Gasteiger charge is 2.11. The number of carbonyl (C=O) groups is 1. The molecule has 1 aliphatic heterocycles. The summed E-state index contributed by atoms with van der Waals surface area (Å²) in [6, 6.07) is 5.60. The zero-order valence-electron chi connectivity index (χ0n) is 12.3. The fourth-order valence-corrected chi connectivity index (χ4v) is 2.63. The van der Waals surface area contributed by atoms with Gasteiger partial charge in [0.05, 0.1) is 0 Å². The molecule has 0 aromatic heterocycles. The van der Waals surface area contributed by atoms with E-state index in [0.29, 0.717) is 12.1 Å². The number of anilines is 2. The van der Waals surface area contributed by atoms with Crippen molar-refractivity contribution in [3.63, 3.8) is 0 Å². The van der Waals surface area contributed by atoms with E-state index in [0.717, 1.165) is 24.2 Å². The topological polar surface area (TPSA) is 58.4 Å². The predicted octanol–water partition coefficient (Wildman–Crippen LogP) is 2.78. The van der Waals surface area contributed by atoms with Crippen molar-refractivity contribution in [1.29, 1.82) is 0 Å². The standard InChI is InChI=1S/C16H25N3O/c1-13-7-8-14(17)12-15(13)18-16(20)6-5-11-19-9-3-2-4-10-19/h7-8,12H,2-6,9-11,17H2,1H3,(H,18,20). The number of benzene rings is 1. The smallest absolute Gasteiger partial charge is 0.224 e. The van der Waals surface area contributed by atoms with Gasteiger partial charge in [0.2, 0.25) is 5.91 Å². The van der Waals surface area contributed by atoms with E-state index >= 15 is 0 Å². The van der Waals surface area contributed by atoms with E-state index < -0.39 is 0 Å². The first-order chi connectivity index (χ1) is 9.65. The van der Waals surface area contributed by atoms with Crippen LogP contribution in [0.1, 0.15) is 37.7 Å². The molecule has 0 radical (unpaired) electrons. The van der Waals surface area contributed by atoms with Crippen LogP contribution in [-0.4, -0.2) is 30.4 Å². The summed E-state index contributed by atoms with van der Waals surface area (Å²) in [5, 5.41) is 2.95. The largest absolute Gasteiger partial charge is 0.399 e. The lowest BCUT2D eigenvalue weighted by atomic mass is 10.1. The Hall–Kier alpha value is -1.55. The SMILES string of the molecule is Cc1ccc(N)cc1NC(=O)CCCN1CCCCC1. The van der Waals surface area contributed by atoms with E-state index in [9.17, 15) is 4.79 Å². The quantitative estimate of drug-likeness (QED) is 0.812. The molecule has 4 heteroatoms. The van der Waals surface area contributed by atoms with Crippen LogP contribution in [0.2, 0.25) is 0 Å². The molecular weight excluding hydrogens is 250 g/mol. The highest BCUT2D eigenvalue weighted by Crippen LogP contribution is 2.18. The van der Waals surface area contributed by atoms with Crippen molar-refractivity contribution >= 4 is 17.3 Å². The molecule has 110 valence electrons. The van der Waals surface area contributed by atoms with Gasteiger partial charge in [0.1, 0.15) is 0 Å². The van der Waals surface area contributed by atoms with Crippen LogP contribution in [0.5, 0.6) is 0 Å². The average molecular weight is 275 g/mol. The van der Waals surface area contributed by atoms with Crippen molar-refractivity contribution in [2.24, 2.45) is 0 Å². The van der Waals surface area contributed by atoms with Crippen LogP contribution in [-0.2, 0) is 4.79 Å². The van der Waals surface area contributed by atoms with Gasteiger partial charge >= 0.3 is 0 Å². The van der Waals surface area contributed by atoms with Crippen LogP contribution in [0.3, 0.4) is 0 Å². The van der Waals surface area contributed by atoms with Gasteiger partial charge in [0.15, 0.2) is 0 Å². The Labute approximate surface area is 121 Å². The first kappa shape index (κ1) is 14.9. The molecule has 20 heavy (non-hydrogen) atoms. The van der Waals surface area contributed by atoms with Crippen molar-refractivity contribution < 1.29 is 4.79 Å². The van der Waals surface area contributed by atoms with Crippen LogP contribution < -0.4 is 11.1 Å². The minimum absolute atomic E-state index is 0.0794. The minimum Gasteiger partial charge on any atom is -0.399 e. The molecule has 1 fully saturated rings. The first-order valence-electron chi connectivity index (χ1n) is 7.53. The van der Waals surface area contributed by atoms with Crippen molar-refractivity contribution in [1.82, 2.24) is 4.90 Å². The Morgan fingerprint density at radius 3 is 2.80 bits per heavy atom. The lowest BCUT2D eigenvalue weighted by Crippen LogP contribution is -2.31. The van der Waals surface area contributed by atoms with Crippen LogP contribution in [0.4, 0.5) is 11.4 Å². The van der Waals surface area contributed by atoms with Crippen LogP contribution >= 0.6 is 0 Å². The summed E-state index contributed by atoms with van der Waals surface area (Å²) < 4.78 is 0. The highest BCUT2D eigenvalue weighted by molar-refractivity contribution is 5.91. The molecule has 1 aromatic rings. The van der Waals surface area contributed by atoms with Gasteiger partial charge in [-0.1, -0.05) is 12.5 Å². The van der Waals surface area contributed by atoms with E-state index in [1.807, 2.05) is 25.1 Å². The molecule has 1 aliphatic rings. The van der Waals surface area contributed by atoms with Crippen molar-refractivity contribution in [2.45, 2.75) is 39.0 Å². The first-order valence-corrected chi connectivity index (χ1v) is 7.53. The second-order valence-electron chi connectivity index (χ2n) is 5.63. The molecule has 0 aliphatic carbocycles. The normalized spacial score (nSPS) is 16.1. The molecular formula is C16H25N3O. The highest BCUT2D eigenvalue weighted by atomic mass is 16.1. The van der Waals surface area contributed by atoms with Gasteiger partial charge in [-0.05, 0) is 63.5 Å². The number of carbonyl (C=O) groups excluding carboxylic acids is 1. The molecule has 1 heterocycles. The van der Waals surface area contributed by atoms with Crippen LogP contribution in [0.25, 0.3) is 0 Å². The number of likely N-dealkylation sites (tertiary alicyclic amines) is 1. The Balaban J connectivity index is 1.73. The van der Waals surface area contributed by atoms with Crippen molar-refractivity contribution in [3.05, 3.63) is 23.8 Å². The third kappa shape index (κ3) is 4.53. The number of nitrogens with two attached hydrogens (primary N) is 1. The van der Waals surface area contributed by atoms with Crippen LogP contribution in [0, 0.1) is 6.92 Å². The molecule has 0 atom stereocenters. The maximum absolute atomic E-state index is 11.9. The molecule has 0 unspecified atom stereocenters. The summed E-state index contributed by atoms with van der Waals surface area (Å²) in [6.45, 7) is 5.39. The summed E-state index contributed by atoms with van der Waals surface area (Å²) in [5.41, 5.74) is 8.29. The Morgan fingerprint density at radius 2 is 2.05 bits per heavy atom. The summed E-state index contributed by atoms with van der Waals surface area (Å²) >= 11 is 0. The fraction of sp³-hybridized carbons (Fsp3) is 0.562. The minimum atomic E-state index is 0.0794. The summed E-state index contributed by atoms with van der Waals surface area (Å²) in [4.78, 5) is 14.4. The third-order valence-corrected chi connectivity index (χ3v) is 3.86. The number of nitrogen functional groups attached to an aromatic ring is 1. The fourth-order valence-electron chi connectivity index (χ4n) is 2.63. The molecule has 1 amide bonds. The lowest BCUT2D eigenvalue weighted by molar-refractivity contribution is -0.116. The van der Waals surface area contributed by atoms with Gasteiger partial charge in [0.25, 0.3) is 0 Å². The monoisotopic (exact) mass is 275 g/mol. The number of aryl methyl sites for hydroxylation is 1. The van der Waals surface area contributed by atoms with Gasteiger partial charge in [0, 0.05) is 17.8 Å². The van der Waals surface area contributed by atoms with Gasteiger partial charge in [-0.3, -0.25) is 4.79 Å². The van der Waals surface area contributed by atoms with E-state index in [-0.39, 0.29) is 5.91 Å². The maximum Gasteiger partial charge on any atom is 0.224 e. The number of nitrogens with one attached hydrogen (secondary N) is 1. The summed E-state index contributed by atoms with van der Waals surface area (Å²) in [6.07, 6.45) is 5.45. The number of nitrogens with zero attached hydrogens (tertiary/aromatic N) is 1. The summed E-state index contributed by atoms with van der Waals surface area (Å²) in [5.74, 6) is 0.0794. The molecule has 0 saturated carbocycles. The average Bonchev–Trinajstić information content (AvgIpc) is 2.44. The molecule has 1 aromatic carbocycles. The number of hydrogen-bond acceptors (Lipinski definition) is 3. The molecule has 0 spiro atoms. The van der Waals surface area contributed by atoms with Crippen LogP contribution in [0.15, 0.2) is 18.2 Å². The second kappa shape index (κ2) is 7.29. The Morgan fingerprint density at radius 1 is 1.30 bits per heavy atom. The predicted molar refractivity (Wildman–Crippen MR) is 83.7 cm³/mol. The maximum atomic E-state index is 11.9.